The molecule has 3 aromatic rings. The normalized spacial score (nSPS) is 31.6. The van der Waals surface area contributed by atoms with Crippen molar-refractivity contribution < 1.29 is 19.1 Å². The van der Waals surface area contributed by atoms with Crippen molar-refractivity contribution in [3.63, 3.8) is 0 Å². The molecule has 1 unspecified atom stereocenters. The summed E-state index contributed by atoms with van der Waals surface area (Å²) in [6.45, 7) is 0.300. The Labute approximate surface area is 220 Å². The fourth-order valence-electron chi connectivity index (χ4n) is 8.32. The van der Waals surface area contributed by atoms with Gasteiger partial charge in [-0.05, 0) is 125 Å². The van der Waals surface area contributed by atoms with E-state index in [4.69, 9.17) is 9.47 Å². The van der Waals surface area contributed by atoms with E-state index in [1.54, 1.807) is 7.05 Å². The zero-order valence-corrected chi connectivity index (χ0v) is 21.7. The molecule has 5 nitrogen and oxygen atoms in total. The van der Waals surface area contributed by atoms with Gasteiger partial charge in [0.2, 0.25) is 12.7 Å². The molecule has 2 amide bonds. The molecule has 37 heavy (non-hydrogen) atoms. The average Bonchev–Trinajstić information content (AvgIpc) is 3.47. The molecule has 1 saturated heterocycles. The molecule has 6 heteroatoms. The van der Waals surface area contributed by atoms with Gasteiger partial charge in [0, 0.05) is 12.6 Å². The van der Waals surface area contributed by atoms with Crippen LogP contribution in [0.1, 0.15) is 54.9 Å². The molecule has 3 aromatic carbocycles. The molecule has 5 fully saturated rings. The fourth-order valence-corrected chi connectivity index (χ4v) is 9.32. The summed E-state index contributed by atoms with van der Waals surface area (Å²) in [7, 11) is 1.55. The number of carbonyl (C=O) groups is 2. The van der Waals surface area contributed by atoms with E-state index in [9.17, 15) is 9.59 Å². The number of imide groups is 1. The summed E-state index contributed by atoms with van der Waals surface area (Å²) in [4.78, 5) is 25.7. The predicted octanol–water partition coefficient (Wildman–Crippen LogP) is 7.07. The third-order valence-electron chi connectivity index (χ3n) is 9.63. The lowest BCUT2D eigenvalue weighted by molar-refractivity contribution is -0.125. The van der Waals surface area contributed by atoms with Gasteiger partial charge >= 0.3 is 0 Å². The van der Waals surface area contributed by atoms with Gasteiger partial charge in [0.25, 0.3) is 5.24 Å². The Hall–Kier alpha value is -2.99. The van der Waals surface area contributed by atoms with Gasteiger partial charge in [-0.15, -0.1) is 0 Å². The first-order chi connectivity index (χ1) is 18.0. The lowest BCUT2D eigenvalue weighted by Crippen LogP contribution is -2.48. The molecule has 2 heterocycles. The first-order valence-corrected chi connectivity index (χ1v) is 14.3. The summed E-state index contributed by atoms with van der Waals surface area (Å²) in [6.07, 6.45) is 8.11. The van der Waals surface area contributed by atoms with Crippen LogP contribution in [0.25, 0.3) is 21.9 Å². The van der Waals surface area contributed by atoms with Crippen molar-refractivity contribution in [1.29, 1.82) is 0 Å². The van der Waals surface area contributed by atoms with Gasteiger partial charge < -0.3 is 9.47 Å². The van der Waals surface area contributed by atoms with Crippen molar-refractivity contribution in [3.05, 3.63) is 59.7 Å². The van der Waals surface area contributed by atoms with Crippen LogP contribution in [0.15, 0.2) is 48.5 Å². The summed E-state index contributed by atoms with van der Waals surface area (Å²) >= 11 is 1.09. The molecule has 6 aliphatic rings. The molecule has 1 atom stereocenters. The first-order valence-electron chi connectivity index (χ1n) is 13.4. The number of ether oxygens (including phenoxy) is 2. The fraction of sp³-hybridized carbons (Fsp3) is 0.419. The van der Waals surface area contributed by atoms with Crippen molar-refractivity contribution in [2.75, 3.05) is 13.8 Å². The molecule has 4 saturated carbocycles. The molecule has 2 aliphatic heterocycles. The second kappa shape index (κ2) is 7.76. The number of carbonyl (C=O) groups excluding carboxylic acids is 2. The largest absolute Gasteiger partial charge is 0.454 e. The van der Waals surface area contributed by atoms with Crippen LogP contribution < -0.4 is 9.47 Å². The minimum atomic E-state index is -0.460. The highest BCUT2D eigenvalue weighted by atomic mass is 32.2. The van der Waals surface area contributed by atoms with Gasteiger partial charge in [-0.3, -0.25) is 14.5 Å². The number of rotatable bonds is 3. The molecule has 4 aliphatic carbocycles. The Kier molecular flexibility index (Phi) is 4.62. The number of amides is 2. The van der Waals surface area contributed by atoms with E-state index in [1.807, 2.05) is 12.1 Å². The number of fused-ring (bicyclic) bond motifs is 2. The van der Waals surface area contributed by atoms with Crippen LogP contribution >= 0.6 is 11.8 Å². The minimum absolute atomic E-state index is 0.150. The van der Waals surface area contributed by atoms with Crippen LogP contribution in [-0.4, -0.2) is 29.9 Å². The molecule has 0 aromatic heterocycles. The Morgan fingerprint density at radius 2 is 1.54 bits per heavy atom. The Balaban J connectivity index is 1.18. The first kappa shape index (κ1) is 22.0. The van der Waals surface area contributed by atoms with E-state index in [-0.39, 0.29) is 16.6 Å². The highest BCUT2D eigenvalue weighted by Crippen LogP contribution is 2.63. The van der Waals surface area contributed by atoms with E-state index >= 15 is 0 Å². The van der Waals surface area contributed by atoms with Crippen molar-refractivity contribution >= 4 is 33.7 Å². The number of likely N-dealkylation sites (N-methyl/N-ethyl adjacent to an activating group) is 1. The van der Waals surface area contributed by atoms with Crippen molar-refractivity contribution in [2.24, 2.45) is 17.8 Å². The van der Waals surface area contributed by atoms with Crippen molar-refractivity contribution in [1.82, 2.24) is 4.90 Å². The Morgan fingerprint density at radius 3 is 2.24 bits per heavy atom. The van der Waals surface area contributed by atoms with E-state index in [1.165, 1.54) is 54.6 Å². The zero-order valence-electron chi connectivity index (χ0n) is 20.9. The minimum Gasteiger partial charge on any atom is -0.454 e. The quantitative estimate of drug-likeness (QED) is 0.376. The predicted molar refractivity (Wildman–Crippen MR) is 144 cm³/mol. The topological polar surface area (TPSA) is 55.8 Å². The van der Waals surface area contributed by atoms with Gasteiger partial charge in [0.1, 0.15) is 5.25 Å². The van der Waals surface area contributed by atoms with Crippen LogP contribution in [0.3, 0.4) is 0 Å². The van der Waals surface area contributed by atoms with Crippen LogP contribution in [0, 0.1) is 17.8 Å². The van der Waals surface area contributed by atoms with Gasteiger partial charge in [-0.2, -0.15) is 0 Å². The Morgan fingerprint density at radius 1 is 0.838 bits per heavy atom. The van der Waals surface area contributed by atoms with E-state index < -0.39 is 5.25 Å². The number of benzene rings is 3. The number of thioether (sulfide) groups is 1. The Bertz CT molecular complexity index is 1460. The number of hydrogen-bond acceptors (Lipinski definition) is 5. The maximum absolute atomic E-state index is 12.5. The average molecular weight is 512 g/mol. The number of hydrogen-bond donors (Lipinski definition) is 0. The highest BCUT2D eigenvalue weighted by Gasteiger charge is 2.53. The highest BCUT2D eigenvalue weighted by molar-refractivity contribution is 8.14. The molecule has 4 bridgehead atoms. The SMILES string of the molecule is CN1C(=O)SC(c2ccc3cc(-c4cc5c(c(C67CC8CC(CC(C8)C6)C7)c4)OCO5)ccc3c2)C1=O. The number of nitrogens with zero attached hydrogens (tertiary/aromatic N) is 1. The summed E-state index contributed by atoms with van der Waals surface area (Å²) in [5.74, 6) is 4.30. The molecular weight excluding hydrogens is 482 g/mol. The molecule has 0 spiro atoms. The lowest BCUT2D eigenvalue weighted by atomic mass is 9.48. The summed E-state index contributed by atoms with van der Waals surface area (Å²) in [5, 5.41) is 1.53. The van der Waals surface area contributed by atoms with Crippen molar-refractivity contribution in [3.8, 4) is 22.6 Å². The van der Waals surface area contributed by atoms with E-state index in [0.29, 0.717) is 6.79 Å². The maximum Gasteiger partial charge on any atom is 0.289 e. The molecule has 0 radical (unpaired) electrons. The van der Waals surface area contributed by atoms with Crippen LogP contribution in [0.4, 0.5) is 4.79 Å². The molecule has 188 valence electrons. The smallest absolute Gasteiger partial charge is 0.289 e. The van der Waals surface area contributed by atoms with Gasteiger partial charge in [0.15, 0.2) is 11.5 Å². The molecule has 9 rings (SSSR count). The van der Waals surface area contributed by atoms with E-state index in [2.05, 4.69) is 36.4 Å². The summed E-state index contributed by atoms with van der Waals surface area (Å²) < 4.78 is 12.1. The van der Waals surface area contributed by atoms with Gasteiger partial charge in [0.05, 0.1) is 0 Å². The standard InChI is InChI=1S/C31H29NO4S/c1-32-29(33)28(37-30(32)34)23-5-4-20-9-22(3-2-21(20)10-23)24-11-25(27-26(12-24)35-16-36-27)31-13-17-6-18(14-31)8-19(7-17)15-31/h2-5,9-12,17-19,28H,6-8,13-16H2,1H3. The van der Waals surface area contributed by atoms with E-state index in [0.717, 1.165) is 62.9 Å². The second-order valence-corrected chi connectivity index (χ2v) is 13.0. The molecular formula is C31H29NO4S. The summed E-state index contributed by atoms with van der Waals surface area (Å²) in [5.41, 5.74) is 4.81. The lowest BCUT2D eigenvalue weighted by Gasteiger charge is -2.57. The molecule has 0 N–H and O–H groups in total. The second-order valence-electron chi connectivity index (χ2n) is 11.9. The van der Waals surface area contributed by atoms with Crippen LogP contribution in [-0.2, 0) is 10.2 Å². The van der Waals surface area contributed by atoms with Crippen LogP contribution in [0.5, 0.6) is 11.5 Å². The monoisotopic (exact) mass is 511 g/mol. The van der Waals surface area contributed by atoms with Gasteiger partial charge in [-0.1, -0.05) is 24.3 Å². The zero-order chi connectivity index (χ0) is 24.9. The summed E-state index contributed by atoms with van der Waals surface area (Å²) in [6, 6.07) is 17.1. The van der Waals surface area contributed by atoms with Crippen LogP contribution in [0.2, 0.25) is 0 Å². The third-order valence-corrected chi connectivity index (χ3v) is 10.8. The third kappa shape index (κ3) is 3.30. The van der Waals surface area contributed by atoms with Crippen molar-refractivity contribution in [2.45, 2.75) is 49.2 Å². The maximum atomic E-state index is 12.5. The van der Waals surface area contributed by atoms with Gasteiger partial charge in [-0.25, -0.2) is 0 Å².